The maximum absolute atomic E-state index is 12.7. The molecule has 3 fully saturated rings. The Bertz CT molecular complexity index is 1030. The van der Waals surface area contributed by atoms with Crippen LogP contribution >= 0.6 is 0 Å². The summed E-state index contributed by atoms with van der Waals surface area (Å²) in [7, 11) is 0. The molecule has 0 aliphatic carbocycles. The zero-order valence-electron chi connectivity index (χ0n) is 19.0. The van der Waals surface area contributed by atoms with Gasteiger partial charge in [-0.25, -0.2) is 4.98 Å². The van der Waals surface area contributed by atoms with Crippen LogP contribution in [0.1, 0.15) is 53.3 Å². The topological polar surface area (TPSA) is 94.1 Å². The van der Waals surface area contributed by atoms with E-state index >= 15 is 0 Å². The van der Waals surface area contributed by atoms with Crippen LogP contribution in [0.4, 0.5) is 5.82 Å². The lowest BCUT2D eigenvalue weighted by Gasteiger charge is -2.34. The van der Waals surface area contributed by atoms with E-state index in [-0.39, 0.29) is 24.1 Å². The van der Waals surface area contributed by atoms with Crippen LogP contribution in [0.5, 0.6) is 0 Å². The van der Waals surface area contributed by atoms with Crippen molar-refractivity contribution in [3.8, 4) is 0 Å². The summed E-state index contributed by atoms with van der Waals surface area (Å²) in [5, 5.41) is 0. The van der Waals surface area contributed by atoms with Crippen molar-refractivity contribution in [3.63, 3.8) is 0 Å². The molecule has 5 rings (SSSR count). The van der Waals surface area contributed by atoms with Gasteiger partial charge in [-0.1, -0.05) is 0 Å². The number of rotatable bonds is 6. The van der Waals surface area contributed by atoms with E-state index in [1.165, 1.54) is 6.92 Å². The lowest BCUT2D eigenvalue weighted by molar-refractivity contribution is -0.180. The summed E-state index contributed by atoms with van der Waals surface area (Å²) in [5.74, 6) is 0.494. The molecule has 4 heterocycles. The molecular formula is C24H30N4O5. The van der Waals surface area contributed by atoms with Gasteiger partial charge in [-0.2, -0.15) is 0 Å². The van der Waals surface area contributed by atoms with Gasteiger partial charge in [0, 0.05) is 43.9 Å². The molecular weight excluding hydrogens is 424 g/mol. The Morgan fingerprint density at radius 1 is 1.12 bits per heavy atom. The van der Waals surface area contributed by atoms with Gasteiger partial charge in [-0.15, -0.1) is 0 Å². The van der Waals surface area contributed by atoms with Crippen molar-refractivity contribution in [2.45, 2.75) is 45.0 Å². The third kappa shape index (κ3) is 4.85. The fraction of sp³-hybridized carbons (Fsp3) is 0.583. The molecule has 9 nitrogen and oxygen atoms in total. The number of hydrogen-bond donors (Lipinski definition) is 0. The second-order valence-electron chi connectivity index (χ2n) is 8.89. The van der Waals surface area contributed by atoms with Crippen LogP contribution in [0.15, 0.2) is 18.3 Å². The molecule has 0 N–H and O–H groups in total. The summed E-state index contributed by atoms with van der Waals surface area (Å²) in [6, 6.07) is 3.39. The fourth-order valence-corrected chi connectivity index (χ4v) is 4.44. The van der Waals surface area contributed by atoms with Crippen LogP contribution in [-0.2, 0) is 14.2 Å². The van der Waals surface area contributed by atoms with Gasteiger partial charge in [0.05, 0.1) is 31.0 Å². The minimum atomic E-state index is -0.149. The highest BCUT2D eigenvalue weighted by Gasteiger charge is 2.26. The van der Waals surface area contributed by atoms with Gasteiger partial charge in [0.25, 0.3) is 5.91 Å². The molecule has 176 valence electrons. The third-order valence-electron chi connectivity index (χ3n) is 6.47. The molecule has 0 saturated carbocycles. The van der Waals surface area contributed by atoms with Crippen LogP contribution in [0.3, 0.4) is 0 Å². The number of anilines is 1. The zero-order valence-corrected chi connectivity index (χ0v) is 19.0. The molecule has 3 aliphatic heterocycles. The summed E-state index contributed by atoms with van der Waals surface area (Å²) >= 11 is 0. The third-order valence-corrected chi connectivity index (χ3v) is 6.47. The Morgan fingerprint density at radius 3 is 2.73 bits per heavy atom. The van der Waals surface area contributed by atoms with Gasteiger partial charge in [-0.05, 0) is 44.7 Å². The lowest BCUT2D eigenvalue weighted by atomic mass is 10.0. The van der Waals surface area contributed by atoms with Gasteiger partial charge < -0.3 is 24.0 Å². The average Bonchev–Trinajstić information content (AvgIpc) is 2.81. The maximum Gasteiger partial charge on any atom is 0.253 e. The van der Waals surface area contributed by atoms with E-state index in [4.69, 9.17) is 19.2 Å². The Kier molecular flexibility index (Phi) is 6.52. The van der Waals surface area contributed by atoms with E-state index in [9.17, 15) is 9.59 Å². The van der Waals surface area contributed by atoms with Crippen molar-refractivity contribution in [3.05, 3.63) is 29.5 Å². The van der Waals surface area contributed by atoms with E-state index in [0.717, 1.165) is 45.4 Å². The summed E-state index contributed by atoms with van der Waals surface area (Å²) in [4.78, 5) is 38.3. The molecule has 2 unspecified atom stereocenters. The zero-order chi connectivity index (χ0) is 22.8. The second kappa shape index (κ2) is 9.70. The van der Waals surface area contributed by atoms with E-state index < -0.39 is 0 Å². The molecule has 0 radical (unpaired) electrons. The molecule has 1 amide bonds. The Hall–Kier alpha value is -2.62. The summed E-state index contributed by atoms with van der Waals surface area (Å²) in [6.07, 6.45) is 5.61. The molecule has 33 heavy (non-hydrogen) atoms. The highest BCUT2D eigenvalue weighted by Crippen LogP contribution is 2.25. The highest BCUT2D eigenvalue weighted by molar-refractivity contribution is 6.08. The van der Waals surface area contributed by atoms with Gasteiger partial charge in [0.15, 0.2) is 12.1 Å². The number of nitrogens with zero attached hydrogens (tertiary/aromatic N) is 4. The smallest absolute Gasteiger partial charge is 0.253 e. The number of ether oxygens (including phenoxy) is 3. The predicted octanol–water partition coefficient (Wildman–Crippen LogP) is 2.43. The Labute approximate surface area is 193 Å². The molecule has 0 spiro atoms. The normalized spacial score (nSPS) is 23.4. The van der Waals surface area contributed by atoms with Crippen molar-refractivity contribution in [2.24, 2.45) is 0 Å². The lowest BCUT2D eigenvalue weighted by Crippen LogP contribution is -2.45. The summed E-state index contributed by atoms with van der Waals surface area (Å²) in [6.45, 7) is 6.07. The van der Waals surface area contributed by atoms with Gasteiger partial charge >= 0.3 is 0 Å². The summed E-state index contributed by atoms with van der Waals surface area (Å²) in [5.41, 5.74) is 1.99. The van der Waals surface area contributed by atoms with Gasteiger partial charge in [0.1, 0.15) is 11.3 Å². The first-order chi connectivity index (χ1) is 16.1. The largest absolute Gasteiger partial charge is 0.372 e. The number of amides is 1. The monoisotopic (exact) mass is 454 g/mol. The first-order valence-electron chi connectivity index (χ1n) is 11.8. The van der Waals surface area contributed by atoms with Crippen LogP contribution in [0.25, 0.3) is 11.0 Å². The van der Waals surface area contributed by atoms with Crippen LogP contribution in [-0.4, -0.2) is 85.0 Å². The number of aromatic nitrogens is 2. The van der Waals surface area contributed by atoms with E-state index in [1.807, 2.05) is 0 Å². The van der Waals surface area contributed by atoms with Gasteiger partial charge in [0.2, 0.25) is 0 Å². The molecule has 3 aliphatic rings. The van der Waals surface area contributed by atoms with Crippen LogP contribution in [0, 0.1) is 0 Å². The van der Waals surface area contributed by atoms with Gasteiger partial charge in [-0.3, -0.25) is 14.6 Å². The van der Waals surface area contributed by atoms with Crippen molar-refractivity contribution < 1.29 is 23.8 Å². The van der Waals surface area contributed by atoms with Crippen molar-refractivity contribution in [1.82, 2.24) is 14.9 Å². The van der Waals surface area contributed by atoms with E-state index in [1.54, 1.807) is 23.2 Å². The number of fused-ring (bicyclic) bond motifs is 1. The highest BCUT2D eigenvalue weighted by atomic mass is 16.7. The van der Waals surface area contributed by atoms with E-state index in [0.29, 0.717) is 54.3 Å². The molecule has 2 aromatic rings. The van der Waals surface area contributed by atoms with Crippen molar-refractivity contribution in [2.75, 3.05) is 50.9 Å². The minimum Gasteiger partial charge on any atom is -0.372 e. The quantitative estimate of drug-likeness (QED) is 0.615. The Morgan fingerprint density at radius 2 is 2.00 bits per heavy atom. The number of hydrogen-bond acceptors (Lipinski definition) is 8. The summed E-state index contributed by atoms with van der Waals surface area (Å²) < 4.78 is 17.4. The van der Waals surface area contributed by atoms with Crippen molar-refractivity contribution >= 4 is 28.5 Å². The minimum absolute atomic E-state index is 0.0607. The molecule has 1 aromatic heterocycles. The number of morpholine rings is 1. The fourth-order valence-electron chi connectivity index (χ4n) is 4.44. The number of benzene rings is 1. The number of carbonyl (C=O) groups is 2. The molecule has 2 atom stereocenters. The standard InChI is InChI=1S/C24H30N4O5/c1-16(29)19-11-17(24(30)27-6-4-7-27)12-20-23(19)26-21(13-25-20)28-8-10-31-18(14-28)15-33-22-5-2-3-9-32-22/h11-13,18,22H,2-10,14-15H2,1H3. The molecule has 0 bridgehead atoms. The molecule has 1 aromatic carbocycles. The maximum atomic E-state index is 12.7. The average molecular weight is 455 g/mol. The number of carbonyl (C=O) groups excluding carboxylic acids is 2. The van der Waals surface area contributed by atoms with E-state index in [2.05, 4.69) is 9.88 Å². The first kappa shape index (κ1) is 22.2. The second-order valence-corrected chi connectivity index (χ2v) is 8.89. The number of Topliss-reactive ketones (excluding diaryl/α,β-unsaturated/α-hetero) is 1. The Balaban J connectivity index is 1.34. The van der Waals surface area contributed by atoms with Crippen LogP contribution < -0.4 is 4.90 Å². The predicted molar refractivity (Wildman–Crippen MR) is 122 cm³/mol. The number of likely N-dealkylation sites (tertiary alicyclic amines) is 1. The van der Waals surface area contributed by atoms with Crippen LogP contribution in [0.2, 0.25) is 0 Å². The molecule has 9 heteroatoms. The first-order valence-corrected chi connectivity index (χ1v) is 11.8. The number of ketones is 1. The molecule has 3 saturated heterocycles. The van der Waals surface area contributed by atoms with Crippen molar-refractivity contribution in [1.29, 1.82) is 0 Å². The SMILES string of the molecule is CC(=O)c1cc(C(=O)N2CCC2)cc2ncc(N3CCOC(COC4CCCCO4)C3)nc12.